The molecule has 0 radical (unpaired) electrons. The van der Waals surface area contributed by atoms with Crippen molar-refractivity contribution < 1.29 is 4.98 Å². The van der Waals surface area contributed by atoms with Crippen LogP contribution in [0.25, 0.3) is 11.2 Å². The van der Waals surface area contributed by atoms with E-state index in [1.54, 1.807) is 18.1 Å². The first-order valence-electron chi connectivity index (χ1n) is 6.34. The SMILES string of the molecule is CN(C)c1[nH+]c(SCc2ccccc2)nc2nc[nH]c12. The van der Waals surface area contributed by atoms with Crippen LogP contribution in [-0.2, 0) is 5.75 Å². The molecule has 1 aromatic carbocycles. The quantitative estimate of drug-likeness (QED) is 0.589. The number of fused-ring (bicyclic) bond motifs is 1. The molecule has 2 aromatic heterocycles. The maximum absolute atomic E-state index is 4.53. The summed E-state index contributed by atoms with van der Waals surface area (Å²) in [6, 6.07) is 10.4. The Labute approximate surface area is 121 Å². The molecule has 0 aliphatic heterocycles. The summed E-state index contributed by atoms with van der Waals surface area (Å²) in [5.41, 5.74) is 2.95. The predicted octanol–water partition coefficient (Wildman–Crippen LogP) is 2.13. The Morgan fingerprint density at radius 2 is 2.05 bits per heavy atom. The molecule has 0 atom stereocenters. The van der Waals surface area contributed by atoms with Crippen LogP contribution >= 0.6 is 11.8 Å². The minimum atomic E-state index is 0.739. The van der Waals surface area contributed by atoms with Gasteiger partial charge >= 0.3 is 0 Å². The van der Waals surface area contributed by atoms with E-state index in [2.05, 4.69) is 44.2 Å². The first kappa shape index (κ1) is 12.9. The number of thioether (sulfide) groups is 1. The van der Waals surface area contributed by atoms with Crippen LogP contribution in [0.15, 0.2) is 41.8 Å². The molecule has 2 N–H and O–H groups in total. The molecule has 0 aliphatic carbocycles. The van der Waals surface area contributed by atoms with Crippen molar-refractivity contribution in [1.29, 1.82) is 0 Å². The van der Waals surface area contributed by atoms with Gasteiger partial charge in [0.25, 0.3) is 16.6 Å². The third-order valence-corrected chi connectivity index (χ3v) is 3.90. The summed E-state index contributed by atoms with van der Waals surface area (Å²) >= 11 is 1.68. The minimum Gasteiger partial charge on any atom is -0.336 e. The van der Waals surface area contributed by atoms with E-state index in [-0.39, 0.29) is 0 Å². The van der Waals surface area contributed by atoms with Gasteiger partial charge in [-0.3, -0.25) is 4.90 Å². The second kappa shape index (κ2) is 5.50. The van der Waals surface area contributed by atoms with Crippen molar-refractivity contribution in [2.24, 2.45) is 0 Å². The molecule has 3 rings (SSSR count). The van der Waals surface area contributed by atoms with E-state index in [1.165, 1.54) is 5.56 Å². The van der Waals surface area contributed by atoms with Crippen LogP contribution in [0.3, 0.4) is 0 Å². The van der Waals surface area contributed by atoms with Crippen molar-refractivity contribution in [2.45, 2.75) is 10.9 Å². The van der Waals surface area contributed by atoms with Crippen LogP contribution in [-0.4, -0.2) is 29.0 Å². The lowest BCUT2D eigenvalue weighted by atomic mass is 10.2. The molecule has 3 aromatic rings. The van der Waals surface area contributed by atoms with Gasteiger partial charge in [-0.1, -0.05) is 35.3 Å². The zero-order valence-corrected chi connectivity index (χ0v) is 12.2. The number of H-pyrrole nitrogens is 2. The molecule has 0 fully saturated rings. The fourth-order valence-electron chi connectivity index (χ4n) is 1.96. The highest BCUT2D eigenvalue weighted by Gasteiger charge is 2.17. The lowest BCUT2D eigenvalue weighted by Crippen LogP contribution is -2.23. The maximum Gasteiger partial charge on any atom is 0.299 e. The topological polar surface area (TPSA) is 59.0 Å². The number of hydrogen-bond donors (Lipinski definition) is 1. The molecular formula is C14H16N5S+. The monoisotopic (exact) mass is 286 g/mol. The van der Waals surface area contributed by atoms with Crippen LogP contribution in [0.4, 0.5) is 5.82 Å². The molecule has 5 nitrogen and oxygen atoms in total. The molecule has 6 heteroatoms. The van der Waals surface area contributed by atoms with Gasteiger partial charge in [0.1, 0.15) is 0 Å². The first-order chi connectivity index (χ1) is 9.74. The highest BCUT2D eigenvalue weighted by molar-refractivity contribution is 7.98. The van der Waals surface area contributed by atoms with E-state index in [4.69, 9.17) is 0 Å². The maximum atomic E-state index is 4.53. The minimum absolute atomic E-state index is 0.739. The van der Waals surface area contributed by atoms with Crippen molar-refractivity contribution in [3.05, 3.63) is 42.2 Å². The molecule has 20 heavy (non-hydrogen) atoms. The Bertz CT molecular complexity index is 708. The van der Waals surface area contributed by atoms with E-state index in [0.29, 0.717) is 0 Å². The number of benzene rings is 1. The van der Waals surface area contributed by atoms with Gasteiger partial charge < -0.3 is 4.98 Å². The van der Waals surface area contributed by atoms with E-state index in [0.717, 1.165) is 27.9 Å². The highest BCUT2D eigenvalue weighted by Crippen LogP contribution is 2.22. The number of anilines is 1. The molecular weight excluding hydrogens is 270 g/mol. The van der Waals surface area contributed by atoms with Gasteiger partial charge in [-0.15, -0.1) is 0 Å². The summed E-state index contributed by atoms with van der Waals surface area (Å²) < 4.78 is 0. The summed E-state index contributed by atoms with van der Waals surface area (Å²) in [6.45, 7) is 0. The van der Waals surface area contributed by atoms with Crippen LogP contribution < -0.4 is 9.88 Å². The van der Waals surface area contributed by atoms with Gasteiger partial charge in [-0.25, -0.2) is 9.97 Å². The largest absolute Gasteiger partial charge is 0.336 e. The average molecular weight is 286 g/mol. The zero-order chi connectivity index (χ0) is 13.9. The number of rotatable bonds is 4. The summed E-state index contributed by atoms with van der Waals surface area (Å²) in [5.74, 6) is 1.87. The molecule has 0 bridgehead atoms. The Balaban J connectivity index is 1.88. The van der Waals surface area contributed by atoms with Crippen molar-refractivity contribution in [1.82, 2.24) is 15.0 Å². The smallest absolute Gasteiger partial charge is 0.299 e. The van der Waals surface area contributed by atoms with Crippen molar-refractivity contribution in [2.75, 3.05) is 19.0 Å². The Morgan fingerprint density at radius 3 is 2.80 bits per heavy atom. The second-order valence-corrected chi connectivity index (χ2v) is 5.62. The summed E-state index contributed by atoms with van der Waals surface area (Å²) in [4.78, 5) is 17.3. The zero-order valence-electron chi connectivity index (χ0n) is 11.4. The van der Waals surface area contributed by atoms with Crippen LogP contribution in [0, 0.1) is 0 Å². The van der Waals surface area contributed by atoms with Crippen LogP contribution in [0.2, 0.25) is 0 Å². The van der Waals surface area contributed by atoms with Gasteiger partial charge in [0.2, 0.25) is 0 Å². The van der Waals surface area contributed by atoms with E-state index >= 15 is 0 Å². The van der Waals surface area contributed by atoms with E-state index in [9.17, 15) is 0 Å². The average Bonchev–Trinajstić information content (AvgIpc) is 2.93. The number of aromatic nitrogens is 4. The number of imidazole rings is 1. The first-order valence-corrected chi connectivity index (χ1v) is 7.33. The molecule has 0 spiro atoms. The normalized spacial score (nSPS) is 10.9. The Kier molecular flexibility index (Phi) is 3.56. The summed E-state index contributed by atoms with van der Waals surface area (Å²) in [5, 5.41) is 0.872. The molecule has 0 amide bonds. The lowest BCUT2D eigenvalue weighted by molar-refractivity contribution is -0.417. The number of aromatic amines is 2. The van der Waals surface area contributed by atoms with E-state index < -0.39 is 0 Å². The second-order valence-electron chi connectivity index (χ2n) is 4.66. The highest BCUT2D eigenvalue weighted by atomic mass is 32.2. The third kappa shape index (κ3) is 2.60. The van der Waals surface area contributed by atoms with Crippen molar-refractivity contribution in [3.63, 3.8) is 0 Å². The van der Waals surface area contributed by atoms with Crippen molar-refractivity contribution in [3.8, 4) is 0 Å². The van der Waals surface area contributed by atoms with E-state index in [1.807, 2.05) is 25.1 Å². The lowest BCUT2D eigenvalue weighted by Gasteiger charge is -2.07. The standard InChI is InChI=1S/C14H15N5S/c1-19(2)13-11-12(16-9-15-11)17-14(18-13)20-8-10-6-4-3-5-7-10/h3-7,9H,8H2,1-2H3,(H,15,16,17,18)/p+1. The van der Waals surface area contributed by atoms with Gasteiger partial charge in [-0.2, -0.15) is 0 Å². The molecule has 0 saturated heterocycles. The van der Waals surface area contributed by atoms with Gasteiger partial charge in [0.15, 0.2) is 5.52 Å². The Hall–Kier alpha value is -2.08. The van der Waals surface area contributed by atoms with Gasteiger partial charge in [-0.05, 0) is 17.3 Å². The summed E-state index contributed by atoms with van der Waals surface area (Å²) in [6.07, 6.45) is 1.67. The van der Waals surface area contributed by atoms with Crippen LogP contribution in [0.1, 0.15) is 5.56 Å². The summed E-state index contributed by atoms with van der Waals surface area (Å²) in [7, 11) is 4.00. The molecule has 0 aliphatic rings. The predicted molar refractivity (Wildman–Crippen MR) is 80.8 cm³/mol. The fraction of sp³-hybridized carbons (Fsp3) is 0.214. The number of hydrogen-bond acceptors (Lipinski definition) is 4. The molecule has 102 valence electrons. The van der Waals surface area contributed by atoms with Crippen LogP contribution in [0.5, 0.6) is 0 Å². The Morgan fingerprint density at radius 1 is 1.25 bits per heavy atom. The number of nitrogens with zero attached hydrogens (tertiary/aromatic N) is 3. The van der Waals surface area contributed by atoms with Gasteiger partial charge in [0, 0.05) is 5.75 Å². The third-order valence-electron chi connectivity index (χ3n) is 2.95. The van der Waals surface area contributed by atoms with Crippen molar-refractivity contribution >= 4 is 28.7 Å². The fourth-order valence-corrected chi connectivity index (χ4v) is 2.78. The molecule has 0 saturated carbocycles. The number of nitrogens with one attached hydrogen (secondary N) is 2. The molecule has 2 heterocycles. The molecule has 0 unspecified atom stereocenters. The van der Waals surface area contributed by atoms with Gasteiger partial charge in [0.05, 0.1) is 20.4 Å².